The molecule has 0 atom stereocenters. The molecular weight excluding hydrogens is 416 g/mol. The molecule has 34 heavy (non-hydrogen) atoms. The lowest BCUT2D eigenvalue weighted by molar-refractivity contribution is 1.13. The Balaban J connectivity index is 1.65. The number of rotatable bonds is 1. The normalized spacial score (nSPS) is 13.2. The first-order valence-corrected chi connectivity index (χ1v) is 11.6. The van der Waals surface area contributed by atoms with Crippen molar-refractivity contribution < 1.29 is 0 Å². The highest BCUT2D eigenvalue weighted by Gasteiger charge is 2.22. The number of benzene rings is 4. The standard InChI is InChI=1S/C31H18N2O/c34-31-24-13-5-4-11-20(24)22-14-8-15-23-26-18-28-25(17-29(26)33(31)30(22)23)21-12-6-7-16-27(21)32(28)19-9-2-1-3-10-19/h1-4,6-10,12-18H,11H2. The lowest BCUT2D eigenvalue weighted by Crippen LogP contribution is -2.18. The van der Waals surface area contributed by atoms with E-state index < -0.39 is 0 Å². The summed E-state index contributed by atoms with van der Waals surface area (Å²) in [4.78, 5) is 13.8. The molecule has 0 aliphatic heterocycles. The second kappa shape index (κ2) is 6.26. The fourth-order valence-corrected chi connectivity index (χ4v) is 5.90. The van der Waals surface area contributed by atoms with Crippen molar-refractivity contribution in [2.24, 2.45) is 0 Å². The molecule has 0 unspecified atom stereocenters. The maximum absolute atomic E-state index is 13.8. The van der Waals surface area contributed by atoms with Gasteiger partial charge in [0.15, 0.2) is 0 Å². The Morgan fingerprint density at radius 3 is 2.32 bits per heavy atom. The summed E-state index contributed by atoms with van der Waals surface area (Å²) >= 11 is 0. The summed E-state index contributed by atoms with van der Waals surface area (Å²) in [7, 11) is 0. The molecule has 7 aromatic rings. The van der Waals surface area contributed by atoms with Gasteiger partial charge in [-0.1, -0.05) is 54.6 Å². The minimum Gasteiger partial charge on any atom is -0.309 e. The molecule has 1 aliphatic carbocycles. The van der Waals surface area contributed by atoms with Crippen LogP contribution in [0.3, 0.4) is 0 Å². The minimum absolute atomic E-state index is 0.0421. The molecule has 1 aliphatic rings. The Kier molecular flexibility index (Phi) is 3.29. The van der Waals surface area contributed by atoms with Gasteiger partial charge in [0, 0.05) is 32.6 Å². The summed E-state index contributed by atoms with van der Waals surface area (Å²) in [6, 6.07) is 29.9. The van der Waals surface area contributed by atoms with Crippen molar-refractivity contribution in [1.29, 1.82) is 0 Å². The second-order valence-corrected chi connectivity index (χ2v) is 9.03. The van der Waals surface area contributed by atoms with E-state index in [0.29, 0.717) is 0 Å². The van der Waals surface area contributed by atoms with Crippen LogP contribution in [0.4, 0.5) is 0 Å². The minimum atomic E-state index is 0.0421. The molecule has 0 saturated carbocycles. The van der Waals surface area contributed by atoms with E-state index in [4.69, 9.17) is 0 Å². The van der Waals surface area contributed by atoms with Gasteiger partial charge in [0.25, 0.3) is 5.56 Å². The molecule has 0 saturated heterocycles. The maximum Gasteiger partial charge on any atom is 0.263 e. The number of para-hydroxylation sites is 3. The first-order chi connectivity index (χ1) is 16.8. The van der Waals surface area contributed by atoms with E-state index in [2.05, 4.69) is 89.2 Å². The number of nitrogens with zero attached hydrogens (tertiary/aromatic N) is 2. The molecule has 3 aromatic heterocycles. The topological polar surface area (TPSA) is 26.4 Å². The van der Waals surface area contributed by atoms with Gasteiger partial charge in [-0.05, 0) is 54.5 Å². The number of allylic oxidation sites excluding steroid dienone is 1. The third-order valence-corrected chi connectivity index (χ3v) is 7.33. The van der Waals surface area contributed by atoms with Gasteiger partial charge in [-0.2, -0.15) is 0 Å². The molecule has 0 fully saturated rings. The number of aromatic nitrogens is 2. The number of pyridine rings is 1. The summed E-state index contributed by atoms with van der Waals surface area (Å²) < 4.78 is 4.25. The lowest BCUT2D eigenvalue weighted by Gasteiger charge is -2.11. The van der Waals surface area contributed by atoms with Crippen LogP contribution in [0, 0.1) is 0 Å². The zero-order valence-corrected chi connectivity index (χ0v) is 18.2. The van der Waals surface area contributed by atoms with Crippen molar-refractivity contribution in [3.63, 3.8) is 0 Å². The summed E-state index contributed by atoms with van der Waals surface area (Å²) in [5.41, 5.74) is 10.5. The zero-order valence-electron chi connectivity index (χ0n) is 18.2. The molecule has 4 aromatic carbocycles. The van der Waals surface area contributed by atoms with Gasteiger partial charge in [-0.3, -0.25) is 9.20 Å². The van der Waals surface area contributed by atoms with E-state index in [-0.39, 0.29) is 5.56 Å². The van der Waals surface area contributed by atoms with Crippen molar-refractivity contribution in [3.05, 3.63) is 118 Å². The van der Waals surface area contributed by atoms with Gasteiger partial charge in [-0.15, -0.1) is 5.73 Å². The monoisotopic (exact) mass is 434 g/mol. The third-order valence-electron chi connectivity index (χ3n) is 7.33. The van der Waals surface area contributed by atoms with Crippen LogP contribution in [0.25, 0.3) is 60.8 Å². The number of hydrogen-bond donors (Lipinski definition) is 0. The summed E-state index contributed by atoms with van der Waals surface area (Å²) in [6.45, 7) is 0. The van der Waals surface area contributed by atoms with E-state index in [9.17, 15) is 4.79 Å². The number of hydrogen-bond acceptors (Lipinski definition) is 1. The first kappa shape index (κ1) is 17.9. The Morgan fingerprint density at radius 1 is 0.676 bits per heavy atom. The fourth-order valence-electron chi connectivity index (χ4n) is 5.90. The first-order valence-electron chi connectivity index (χ1n) is 11.6. The summed E-state index contributed by atoms with van der Waals surface area (Å²) in [6.07, 6.45) is 4.59. The Bertz CT molecular complexity index is 2080. The molecule has 0 bridgehead atoms. The van der Waals surface area contributed by atoms with E-state index in [1.54, 1.807) is 0 Å². The van der Waals surface area contributed by atoms with Crippen LogP contribution >= 0.6 is 0 Å². The van der Waals surface area contributed by atoms with Crippen LogP contribution < -0.4 is 5.56 Å². The van der Waals surface area contributed by atoms with Crippen molar-refractivity contribution in [2.45, 2.75) is 6.42 Å². The van der Waals surface area contributed by atoms with Crippen LogP contribution in [-0.4, -0.2) is 8.97 Å². The van der Waals surface area contributed by atoms with Gasteiger partial charge < -0.3 is 4.57 Å². The van der Waals surface area contributed by atoms with Gasteiger partial charge in [0.2, 0.25) is 0 Å². The van der Waals surface area contributed by atoms with E-state index in [0.717, 1.165) is 66.8 Å². The summed E-state index contributed by atoms with van der Waals surface area (Å²) in [5.74, 6) is 0. The largest absolute Gasteiger partial charge is 0.309 e. The molecule has 0 N–H and O–H groups in total. The van der Waals surface area contributed by atoms with E-state index in [1.807, 2.05) is 22.6 Å². The van der Waals surface area contributed by atoms with Gasteiger partial charge in [0.1, 0.15) is 0 Å². The third kappa shape index (κ3) is 2.10. The average Bonchev–Trinajstić information content (AvgIpc) is 3.40. The Hall–Kier alpha value is -4.59. The average molecular weight is 434 g/mol. The Morgan fingerprint density at radius 2 is 1.41 bits per heavy atom. The molecule has 3 heteroatoms. The highest BCUT2D eigenvalue weighted by atomic mass is 16.1. The quantitative estimate of drug-likeness (QED) is 0.259. The SMILES string of the molecule is O=c1c2c(c3cccc4c5cc6c(cc5n1c34)c1ccccc1n6-c1ccccc1)CC=C=C2. The second-order valence-electron chi connectivity index (χ2n) is 9.03. The molecule has 3 nitrogen and oxygen atoms in total. The van der Waals surface area contributed by atoms with E-state index >= 15 is 0 Å². The predicted molar refractivity (Wildman–Crippen MR) is 140 cm³/mol. The predicted octanol–water partition coefficient (Wildman–Crippen LogP) is 6.87. The summed E-state index contributed by atoms with van der Waals surface area (Å²) in [5, 5.41) is 5.72. The molecule has 0 radical (unpaired) electrons. The molecule has 0 spiro atoms. The highest BCUT2D eigenvalue weighted by Crippen LogP contribution is 2.39. The van der Waals surface area contributed by atoms with Crippen molar-refractivity contribution in [1.82, 2.24) is 8.97 Å². The van der Waals surface area contributed by atoms with Crippen molar-refractivity contribution in [2.75, 3.05) is 0 Å². The van der Waals surface area contributed by atoms with Crippen LogP contribution in [0.2, 0.25) is 0 Å². The van der Waals surface area contributed by atoms with Crippen molar-refractivity contribution >= 4 is 55.1 Å². The smallest absolute Gasteiger partial charge is 0.263 e. The van der Waals surface area contributed by atoms with Gasteiger partial charge in [-0.25, -0.2) is 0 Å². The van der Waals surface area contributed by atoms with Crippen molar-refractivity contribution in [3.8, 4) is 5.69 Å². The molecule has 158 valence electrons. The number of fused-ring (bicyclic) bond motifs is 8. The van der Waals surface area contributed by atoms with Crippen LogP contribution in [-0.2, 0) is 6.42 Å². The fraction of sp³-hybridized carbons (Fsp3) is 0.0323. The molecule has 3 heterocycles. The van der Waals surface area contributed by atoms with Crippen LogP contribution in [0.5, 0.6) is 0 Å². The lowest BCUT2D eigenvalue weighted by atomic mass is 9.97. The molecule has 8 rings (SSSR count). The van der Waals surface area contributed by atoms with Crippen LogP contribution in [0.1, 0.15) is 11.1 Å². The highest BCUT2D eigenvalue weighted by molar-refractivity contribution is 6.21. The van der Waals surface area contributed by atoms with Crippen LogP contribution in [0.15, 0.2) is 102 Å². The Labute approximate surface area is 194 Å². The maximum atomic E-state index is 13.8. The van der Waals surface area contributed by atoms with Gasteiger partial charge >= 0.3 is 0 Å². The molecular formula is C31H18N2O. The molecule has 0 amide bonds. The zero-order chi connectivity index (χ0) is 22.4. The van der Waals surface area contributed by atoms with Gasteiger partial charge in [0.05, 0.1) is 27.6 Å². The van der Waals surface area contributed by atoms with E-state index in [1.165, 1.54) is 5.39 Å².